The number of hydrogen-bond acceptors (Lipinski definition) is 2. The van der Waals surface area contributed by atoms with Gasteiger partial charge in [-0.15, -0.1) is 0 Å². The largest absolute Gasteiger partial charge is 0.479 e. The van der Waals surface area contributed by atoms with Crippen LogP contribution >= 0.6 is 15.9 Å². The summed E-state index contributed by atoms with van der Waals surface area (Å²) in [6, 6.07) is 4.07. The van der Waals surface area contributed by atoms with E-state index in [9.17, 15) is 9.18 Å². The minimum absolute atomic E-state index is 0.00868. The lowest BCUT2D eigenvalue weighted by molar-refractivity contribution is -0.149. The van der Waals surface area contributed by atoms with E-state index in [1.165, 1.54) is 25.3 Å². The van der Waals surface area contributed by atoms with E-state index >= 15 is 0 Å². The minimum Gasteiger partial charge on any atom is -0.479 e. The molecule has 1 aromatic rings. The molecule has 3 nitrogen and oxygen atoms in total. The number of rotatable bonds is 3. The first-order valence-corrected chi connectivity index (χ1v) is 4.56. The first-order valence-electron chi connectivity index (χ1n) is 3.77. The van der Waals surface area contributed by atoms with Crippen molar-refractivity contribution in [2.75, 3.05) is 7.11 Å². The van der Waals surface area contributed by atoms with Crippen molar-refractivity contribution in [2.45, 2.75) is 6.10 Å². The highest BCUT2D eigenvalue weighted by atomic mass is 79.9. The van der Waals surface area contributed by atoms with E-state index in [2.05, 4.69) is 20.7 Å². The molecule has 1 atom stereocenters. The first-order chi connectivity index (χ1) is 6.56. The van der Waals surface area contributed by atoms with Gasteiger partial charge in [0.2, 0.25) is 0 Å². The second-order valence-electron chi connectivity index (χ2n) is 2.62. The van der Waals surface area contributed by atoms with Crippen LogP contribution in [-0.2, 0) is 9.53 Å². The Kier molecular flexibility index (Phi) is 3.60. The monoisotopic (exact) mass is 262 g/mol. The topological polar surface area (TPSA) is 46.5 Å². The van der Waals surface area contributed by atoms with E-state index in [0.717, 1.165) is 0 Å². The molecular weight excluding hydrogens is 255 g/mol. The van der Waals surface area contributed by atoms with Gasteiger partial charge in [0.1, 0.15) is 5.82 Å². The molecule has 1 N–H and O–H groups in total. The summed E-state index contributed by atoms with van der Waals surface area (Å²) in [6.07, 6.45) is -1.27. The minimum atomic E-state index is -1.27. The molecule has 0 aliphatic rings. The highest BCUT2D eigenvalue weighted by molar-refractivity contribution is 9.10. The van der Waals surface area contributed by atoms with Gasteiger partial charge in [-0.05, 0) is 18.2 Å². The van der Waals surface area contributed by atoms with E-state index in [1.807, 2.05) is 0 Å². The van der Waals surface area contributed by atoms with Crippen LogP contribution < -0.4 is 0 Å². The van der Waals surface area contributed by atoms with Gasteiger partial charge in [0.25, 0.3) is 0 Å². The van der Waals surface area contributed by atoms with Crippen molar-refractivity contribution in [3.05, 3.63) is 34.1 Å². The van der Waals surface area contributed by atoms with E-state index in [4.69, 9.17) is 5.11 Å². The van der Waals surface area contributed by atoms with Gasteiger partial charge < -0.3 is 9.84 Å². The highest BCUT2D eigenvalue weighted by Gasteiger charge is 2.22. The van der Waals surface area contributed by atoms with Gasteiger partial charge in [0, 0.05) is 17.1 Å². The zero-order valence-electron chi connectivity index (χ0n) is 7.33. The summed E-state index contributed by atoms with van der Waals surface area (Å²) >= 11 is 3.13. The van der Waals surface area contributed by atoms with Crippen LogP contribution in [-0.4, -0.2) is 18.2 Å². The van der Waals surface area contributed by atoms with Crippen LogP contribution in [0.5, 0.6) is 0 Å². The molecule has 0 saturated carbocycles. The Hall–Kier alpha value is -0.940. The Morgan fingerprint density at radius 3 is 2.79 bits per heavy atom. The smallest absolute Gasteiger partial charge is 0.337 e. The number of halogens is 2. The highest BCUT2D eigenvalue weighted by Crippen LogP contribution is 2.23. The molecule has 0 heterocycles. The Bertz CT molecular complexity index is 354. The van der Waals surface area contributed by atoms with Gasteiger partial charge >= 0.3 is 5.97 Å². The maximum absolute atomic E-state index is 13.2. The molecule has 0 saturated heterocycles. The summed E-state index contributed by atoms with van der Waals surface area (Å²) in [5, 5.41) is 8.74. The standard InChI is InChI=1S/C9H8BrFO3/c1-14-8(9(12)13)6-4-5(10)2-3-7(6)11/h2-4,8H,1H3,(H,12,13). The summed E-state index contributed by atoms with van der Waals surface area (Å²) in [5.41, 5.74) is 0.00868. The zero-order chi connectivity index (χ0) is 10.7. The zero-order valence-corrected chi connectivity index (χ0v) is 8.92. The van der Waals surface area contributed by atoms with Crippen LogP contribution in [0.3, 0.4) is 0 Å². The van der Waals surface area contributed by atoms with Crippen molar-refractivity contribution in [2.24, 2.45) is 0 Å². The van der Waals surface area contributed by atoms with Gasteiger partial charge in [-0.3, -0.25) is 0 Å². The number of ether oxygens (including phenoxy) is 1. The Balaban J connectivity index is 3.15. The SMILES string of the molecule is COC(C(=O)O)c1cc(Br)ccc1F. The van der Waals surface area contributed by atoms with Gasteiger partial charge in [-0.2, -0.15) is 0 Å². The number of aliphatic carboxylic acids is 1. The van der Waals surface area contributed by atoms with Crippen LogP contribution in [0.2, 0.25) is 0 Å². The second-order valence-corrected chi connectivity index (χ2v) is 3.54. The van der Waals surface area contributed by atoms with Gasteiger partial charge in [0.15, 0.2) is 6.10 Å². The molecule has 0 aromatic heterocycles. The normalized spacial score (nSPS) is 12.5. The molecule has 0 amide bonds. The molecule has 0 spiro atoms. The fourth-order valence-electron chi connectivity index (χ4n) is 1.08. The van der Waals surface area contributed by atoms with E-state index in [0.29, 0.717) is 4.47 Å². The third-order valence-electron chi connectivity index (χ3n) is 1.70. The van der Waals surface area contributed by atoms with Crippen LogP contribution in [0.1, 0.15) is 11.7 Å². The summed E-state index contributed by atoms with van der Waals surface area (Å²) in [6.45, 7) is 0. The number of methoxy groups -OCH3 is 1. The maximum Gasteiger partial charge on any atom is 0.337 e. The number of benzene rings is 1. The average Bonchev–Trinajstić information content (AvgIpc) is 2.11. The average molecular weight is 263 g/mol. The molecule has 1 rings (SSSR count). The molecule has 0 aliphatic carbocycles. The molecule has 5 heteroatoms. The van der Waals surface area contributed by atoms with Crippen molar-refractivity contribution in [1.82, 2.24) is 0 Å². The first kappa shape index (κ1) is 11.1. The second kappa shape index (κ2) is 4.52. The van der Waals surface area contributed by atoms with Crippen molar-refractivity contribution in [1.29, 1.82) is 0 Å². The number of hydrogen-bond donors (Lipinski definition) is 1. The van der Waals surface area contributed by atoms with Crippen molar-refractivity contribution in [3.8, 4) is 0 Å². The predicted molar refractivity (Wildman–Crippen MR) is 51.5 cm³/mol. The van der Waals surface area contributed by atoms with Crippen molar-refractivity contribution in [3.63, 3.8) is 0 Å². The van der Waals surface area contributed by atoms with Gasteiger partial charge in [-0.1, -0.05) is 15.9 Å². The molecule has 0 bridgehead atoms. The third-order valence-corrected chi connectivity index (χ3v) is 2.19. The lowest BCUT2D eigenvalue weighted by atomic mass is 10.1. The molecule has 76 valence electrons. The quantitative estimate of drug-likeness (QED) is 0.910. The van der Waals surface area contributed by atoms with Crippen molar-refractivity contribution < 1.29 is 19.0 Å². The van der Waals surface area contributed by atoms with E-state index in [1.54, 1.807) is 0 Å². The third kappa shape index (κ3) is 2.30. The fourth-order valence-corrected chi connectivity index (χ4v) is 1.46. The van der Waals surface area contributed by atoms with E-state index < -0.39 is 17.9 Å². The van der Waals surface area contributed by atoms with Crippen LogP contribution in [0.4, 0.5) is 4.39 Å². The molecule has 1 aromatic carbocycles. The van der Waals surface area contributed by atoms with Crippen LogP contribution in [0, 0.1) is 5.82 Å². The number of carboxylic acid groups (broad SMARTS) is 1. The number of carboxylic acids is 1. The number of carbonyl (C=O) groups is 1. The maximum atomic E-state index is 13.2. The summed E-state index contributed by atoms with van der Waals surface area (Å²) < 4.78 is 18.5. The van der Waals surface area contributed by atoms with Gasteiger partial charge in [-0.25, -0.2) is 9.18 Å². The summed E-state index contributed by atoms with van der Waals surface area (Å²) in [7, 11) is 1.22. The molecule has 14 heavy (non-hydrogen) atoms. The lowest BCUT2D eigenvalue weighted by Crippen LogP contribution is -2.14. The molecule has 0 aliphatic heterocycles. The fraction of sp³-hybridized carbons (Fsp3) is 0.222. The van der Waals surface area contributed by atoms with Gasteiger partial charge in [0.05, 0.1) is 0 Å². The summed E-state index contributed by atoms with van der Waals surface area (Å²) in [4.78, 5) is 10.7. The molecule has 1 unspecified atom stereocenters. The van der Waals surface area contributed by atoms with E-state index in [-0.39, 0.29) is 5.56 Å². The molecule has 0 fully saturated rings. The Labute approximate surface area is 88.6 Å². The van der Waals surface area contributed by atoms with Crippen LogP contribution in [0.15, 0.2) is 22.7 Å². The Morgan fingerprint density at radius 1 is 1.64 bits per heavy atom. The van der Waals surface area contributed by atoms with Crippen molar-refractivity contribution >= 4 is 21.9 Å². The summed E-state index contributed by atoms with van der Waals surface area (Å²) in [5.74, 6) is -1.81. The predicted octanol–water partition coefficient (Wildman–Crippen LogP) is 2.36. The van der Waals surface area contributed by atoms with Crippen LogP contribution in [0.25, 0.3) is 0 Å². The molecular formula is C9H8BrFO3. The Morgan fingerprint density at radius 2 is 2.29 bits per heavy atom. The lowest BCUT2D eigenvalue weighted by Gasteiger charge is -2.11. The molecule has 0 radical (unpaired) electrons.